The number of furan rings is 2. The minimum atomic E-state index is -0.153. The van der Waals surface area contributed by atoms with E-state index in [1.807, 2.05) is 12.1 Å². The maximum absolute atomic E-state index is 13.8. The van der Waals surface area contributed by atoms with Crippen LogP contribution in [0.1, 0.15) is 76.7 Å². The molecule has 0 N–H and O–H groups in total. The number of unbranched alkanes of at least 4 members (excludes halogenated alkanes) is 6. The number of rotatable bonds is 12. The monoisotopic (exact) mass is 514 g/mol. The lowest BCUT2D eigenvalue weighted by Gasteiger charge is -2.23. The van der Waals surface area contributed by atoms with Crippen molar-refractivity contribution in [3.63, 3.8) is 0 Å². The number of halogens is 1. The molecule has 0 aliphatic carbocycles. The van der Waals surface area contributed by atoms with E-state index < -0.39 is 0 Å². The molecule has 176 valence electrons. The Kier molecular flexibility index (Phi) is 7.58. The minimum Gasteiger partial charge on any atom is -0.463 e. The first-order valence-electron chi connectivity index (χ1n) is 12.0. The fraction of sp³-hybridized carbons (Fsp3) is 0.462. The maximum atomic E-state index is 13.8. The van der Waals surface area contributed by atoms with E-state index in [0.717, 1.165) is 51.4 Å². The molecule has 0 bridgehead atoms. The van der Waals surface area contributed by atoms with E-state index in [4.69, 9.17) is 8.83 Å². The topological polar surface area (TPSA) is 66.9 Å². The molecule has 7 heteroatoms. The molecule has 0 aromatic carbocycles. The lowest BCUT2D eigenvalue weighted by atomic mass is 10.1. The highest BCUT2D eigenvalue weighted by molar-refractivity contribution is 9.10. The Morgan fingerprint density at radius 2 is 1.33 bits per heavy atom. The van der Waals surface area contributed by atoms with Crippen LogP contribution >= 0.6 is 15.9 Å². The third kappa shape index (κ3) is 4.60. The number of carbonyl (C=O) groups excluding carboxylic acids is 2. The van der Waals surface area contributed by atoms with Gasteiger partial charge in [0.25, 0.3) is 11.8 Å². The Bertz CT molecular complexity index is 1060. The Morgan fingerprint density at radius 3 is 1.79 bits per heavy atom. The Labute approximate surface area is 203 Å². The van der Waals surface area contributed by atoms with E-state index in [-0.39, 0.29) is 11.8 Å². The van der Waals surface area contributed by atoms with Crippen LogP contribution in [0.15, 0.2) is 55.2 Å². The van der Waals surface area contributed by atoms with Crippen LogP contribution in [0.25, 0.3) is 11.4 Å². The average Bonchev–Trinajstić information content (AvgIpc) is 3.57. The Morgan fingerprint density at radius 1 is 0.758 bits per heavy atom. The first-order chi connectivity index (χ1) is 16.1. The second-order valence-corrected chi connectivity index (χ2v) is 9.34. The molecule has 0 atom stereocenters. The Hall–Kier alpha value is -2.54. The molecule has 0 radical (unpaired) electrons. The van der Waals surface area contributed by atoms with Crippen molar-refractivity contribution in [2.24, 2.45) is 0 Å². The summed E-state index contributed by atoms with van der Waals surface area (Å²) in [7, 11) is 0. The SMILES string of the molecule is CCCCCCN1C(=O)C2=C(c3ccc(Br)o3)N(CCCCCC)C(=O)C2=C1c1ccco1. The van der Waals surface area contributed by atoms with Crippen molar-refractivity contribution in [1.29, 1.82) is 0 Å². The van der Waals surface area contributed by atoms with Crippen molar-refractivity contribution >= 4 is 39.1 Å². The molecule has 2 aliphatic rings. The highest BCUT2D eigenvalue weighted by atomic mass is 79.9. The van der Waals surface area contributed by atoms with Gasteiger partial charge < -0.3 is 18.6 Å². The molecular weight excluding hydrogens is 484 g/mol. The van der Waals surface area contributed by atoms with E-state index >= 15 is 0 Å². The van der Waals surface area contributed by atoms with Crippen LogP contribution in [-0.4, -0.2) is 34.7 Å². The van der Waals surface area contributed by atoms with Crippen LogP contribution < -0.4 is 0 Å². The molecule has 0 saturated carbocycles. The standard InChI is InChI=1S/C26H31BrN2O4/c1-3-5-7-9-15-28-23(18-12-11-17-32-18)21-22(26(28)31)24(19-13-14-20(27)33-19)29(25(21)30)16-10-8-6-4-2/h11-14,17H,3-10,15-16H2,1-2H3. The molecular formula is C26H31BrN2O4. The van der Waals surface area contributed by atoms with Gasteiger partial charge in [-0.25, -0.2) is 0 Å². The van der Waals surface area contributed by atoms with Gasteiger partial charge in [0.05, 0.1) is 17.4 Å². The average molecular weight is 515 g/mol. The lowest BCUT2D eigenvalue weighted by Crippen LogP contribution is -2.31. The van der Waals surface area contributed by atoms with E-state index in [1.54, 1.807) is 28.2 Å². The maximum Gasteiger partial charge on any atom is 0.261 e. The first kappa shape index (κ1) is 23.6. The van der Waals surface area contributed by atoms with Gasteiger partial charge in [-0.05, 0) is 53.0 Å². The van der Waals surface area contributed by atoms with Crippen LogP contribution in [0.5, 0.6) is 0 Å². The summed E-state index contributed by atoms with van der Waals surface area (Å²) in [5.74, 6) is 0.764. The predicted octanol–water partition coefficient (Wildman–Crippen LogP) is 6.60. The number of amides is 2. The predicted molar refractivity (Wildman–Crippen MR) is 131 cm³/mol. The molecule has 0 fully saturated rings. The van der Waals surface area contributed by atoms with Crippen molar-refractivity contribution in [2.75, 3.05) is 13.1 Å². The summed E-state index contributed by atoms with van der Waals surface area (Å²) >= 11 is 3.36. The van der Waals surface area contributed by atoms with Gasteiger partial charge in [-0.1, -0.05) is 52.4 Å². The van der Waals surface area contributed by atoms with Crippen LogP contribution in [0, 0.1) is 0 Å². The molecule has 4 heterocycles. The van der Waals surface area contributed by atoms with Crippen molar-refractivity contribution < 1.29 is 18.4 Å². The summed E-state index contributed by atoms with van der Waals surface area (Å²) in [5, 5.41) is 0. The molecule has 0 spiro atoms. The molecule has 4 rings (SSSR count). The normalized spacial score (nSPS) is 16.1. The zero-order valence-electron chi connectivity index (χ0n) is 19.4. The van der Waals surface area contributed by atoms with Gasteiger partial charge in [-0.2, -0.15) is 0 Å². The summed E-state index contributed by atoms with van der Waals surface area (Å²) in [6, 6.07) is 7.21. The van der Waals surface area contributed by atoms with Crippen molar-refractivity contribution in [3.8, 4) is 0 Å². The molecule has 2 aromatic heterocycles. The third-order valence-corrected chi connectivity index (χ3v) is 6.64. The summed E-state index contributed by atoms with van der Waals surface area (Å²) in [5.41, 5.74) is 2.02. The Balaban J connectivity index is 1.78. The fourth-order valence-electron chi connectivity index (χ4n) is 4.58. The highest BCUT2D eigenvalue weighted by Crippen LogP contribution is 2.47. The lowest BCUT2D eigenvalue weighted by molar-refractivity contribution is -0.124. The van der Waals surface area contributed by atoms with Gasteiger partial charge in [0.2, 0.25) is 0 Å². The van der Waals surface area contributed by atoms with E-state index in [2.05, 4.69) is 29.8 Å². The summed E-state index contributed by atoms with van der Waals surface area (Å²) in [6.07, 6.45) is 9.87. The first-order valence-corrected chi connectivity index (χ1v) is 12.8. The number of carbonyl (C=O) groups is 2. The largest absolute Gasteiger partial charge is 0.463 e. The van der Waals surface area contributed by atoms with Crippen molar-refractivity contribution in [2.45, 2.75) is 65.2 Å². The fourth-order valence-corrected chi connectivity index (χ4v) is 4.89. The summed E-state index contributed by atoms with van der Waals surface area (Å²) in [4.78, 5) is 31.0. The van der Waals surface area contributed by atoms with Crippen molar-refractivity contribution in [3.05, 3.63) is 57.9 Å². The molecule has 33 heavy (non-hydrogen) atoms. The van der Waals surface area contributed by atoms with Crippen LogP contribution in [0.2, 0.25) is 0 Å². The number of hydrogen-bond donors (Lipinski definition) is 0. The van der Waals surface area contributed by atoms with Crippen molar-refractivity contribution in [1.82, 2.24) is 9.80 Å². The minimum absolute atomic E-state index is 0.153. The summed E-state index contributed by atoms with van der Waals surface area (Å²) in [6.45, 7) is 5.43. The van der Waals surface area contributed by atoms with E-state index in [1.165, 1.54) is 0 Å². The quantitative estimate of drug-likeness (QED) is 0.299. The summed E-state index contributed by atoms with van der Waals surface area (Å²) < 4.78 is 12.1. The van der Waals surface area contributed by atoms with Gasteiger partial charge in [-0.15, -0.1) is 0 Å². The smallest absolute Gasteiger partial charge is 0.261 e. The molecule has 6 nitrogen and oxygen atoms in total. The van der Waals surface area contributed by atoms with Gasteiger partial charge >= 0.3 is 0 Å². The van der Waals surface area contributed by atoms with Crippen LogP contribution in [0.4, 0.5) is 0 Å². The second kappa shape index (κ2) is 10.6. The van der Waals surface area contributed by atoms with Gasteiger partial charge in [-0.3, -0.25) is 9.59 Å². The number of nitrogens with zero attached hydrogens (tertiary/aromatic N) is 2. The van der Waals surface area contributed by atoms with Crippen LogP contribution in [-0.2, 0) is 9.59 Å². The molecule has 2 aliphatic heterocycles. The van der Waals surface area contributed by atoms with Gasteiger partial charge in [0.1, 0.15) is 11.4 Å². The third-order valence-electron chi connectivity index (χ3n) is 6.21. The van der Waals surface area contributed by atoms with E-state index in [9.17, 15) is 9.59 Å². The zero-order chi connectivity index (χ0) is 23.4. The van der Waals surface area contributed by atoms with Gasteiger partial charge in [0.15, 0.2) is 16.2 Å². The van der Waals surface area contributed by atoms with Gasteiger partial charge in [0, 0.05) is 13.1 Å². The zero-order valence-corrected chi connectivity index (χ0v) is 20.9. The highest BCUT2D eigenvalue weighted by Gasteiger charge is 2.49. The molecule has 0 unspecified atom stereocenters. The number of hydrogen-bond acceptors (Lipinski definition) is 4. The van der Waals surface area contributed by atoms with Crippen LogP contribution in [0.3, 0.4) is 0 Å². The molecule has 2 amide bonds. The second-order valence-electron chi connectivity index (χ2n) is 8.56. The molecule has 0 saturated heterocycles. The van der Waals surface area contributed by atoms with E-state index in [0.29, 0.717) is 51.8 Å². The molecule has 2 aromatic rings. The number of fused-ring (bicyclic) bond motifs is 1.